The van der Waals surface area contributed by atoms with Gasteiger partial charge in [-0.2, -0.15) is 13.2 Å². The Morgan fingerprint density at radius 2 is 1.56 bits per heavy atom. The van der Waals surface area contributed by atoms with Gasteiger partial charge in [-0.3, -0.25) is 4.79 Å². The second-order valence-electron chi connectivity index (χ2n) is 6.95. The molecule has 4 rings (SSSR count). The summed E-state index contributed by atoms with van der Waals surface area (Å²) in [6, 6.07) is 19.5. The molecule has 0 spiro atoms. The van der Waals surface area contributed by atoms with Crippen LogP contribution in [0.4, 0.5) is 29.3 Å². The van der Waals surface area contributed by atoms with Gasteiger partial charge in [-0.05, 0) is 30.3 Å². The fourth-order valence-electron chi connectivity index (χ4n) is 3.21. The number of rotatable bonds is 3. The third kappa shape index (κ3) is 4.61. The molecule has 6 nitrogen and oxygen atoms in total. The van der Waals surface area contributed by atoms with Crippen LogP contribution in [0, 0.1) is 0 Å². The van der Waals surface area contributed by atoms with Crippen molar-refractivity contribution in [2.75, 3.05) is 10.6 Å². The maximum atomic E-state index is 12.7. The lowest BCUT2D eigenvalue weighted by Crippen LogP contribution is -2.44. The molecule has 1 heterocycles. The number of nitrogens with one attached hydrogen (secondary N) is 3. The molecule has 0 bridgehead atoms. The topological polar surface area (TPSA) is 82.6 Å². The van der Waals surface area contributed by atoms with Crippen LogP contribution in [-0.2, 0) is 11.0 Å². The van der Waals surface area contributed by atoms with Gasteiger partial charge in [-0.1, -0.05) is 48.5 Å². The highest BCUT2D eigenvalue weighted by molar-refractivity contribution is 6.19. The van der Waals surface area contributed by atoms with Gasteiger partial charge >= 0.3 is 12.2 Å². The second kappa shape index (κ2) is 8.54. The number of benzene rings is 3. The molecular formula is C23H17F3N4O2. The highest BCUT2D eigenvalue weighted by Crippen LogP contribution is 2.30. The average Bonchev–Trinajstić information content (AvgIpc) is 2.90. The fraction of sp³-hybridized carbons (Fsp3) is 0.0870. The van der Waals surface area contributed by atoms with E-state index in [4.69, 9.17) is 0 Å². The van der Waals surface area contributed by atoms with Crippen LogP contribution in [0.3, 0.4) is 0 Å². The molecule has 3 aromatic rings. The summed E-state index contributed by atoms with van der Waals surface area (Å²) in [6.07, 6.45) is -5.73. The van der Waals surface area contributed by atoms with Gasteiger partial charge in [-0.25, -0.2) is 9.79 Å². The van der Waals surface area contributed by atoms with Crippen LogP contribution in [-0.4, -0.2) is 23.8 Å². The molecule has 0 saturated heterocycles. The van der Waals surface area contributed by atoms with Gasteiger partial charge in [-0.15, -0.1) is 0 Å². The number of nitrogens with zero attached hydrogens (tertiary/aromatic N) is 1. The summed E-state index contributed by atoms with van der Waals surface area (Å²) in [6.45, 7) is 0. The number of para-hydroxylation sites is 1. The monoisotopic (exact) mass is 438 g/mol. The first-order valence-corrected chi connectivity index (χ1v) is 9.59. The van der Waals surface area contributed by atoms with E-state index in [1.807, 2.05) is 42.5 Å². The van der Waals surface area contributed by atoms with E-state index in [1.54, 1.807) is 12.1 Å². The van der Waals surface area contributed by atoms with Crippen molar-refractivity contribution < 1.29 is 22.8 Å². The van der Waals surface area contributed by atoms with Crippen LogP contribution in [0.25, 0.3) is 0 Å². The summed E-state index contributed by atoms with van der Waals surface area (Å²) >= 11 is 0. The van der Waals surface area contributed by atoms with Gasteiger partial charge in [0, 0.05) is 16.8 Å². The van der Waals surface area contributed by atoms with E-state index in [0.717, 1.165) is 29.8 Å². The van der Waals surface area contributed by atoms with Crippen molar-refractivity contribution in [3.63, 3.8) is 0 Å². The molecule has 3 aromatic carbocycles. The second-order valence-corrected chi connectivity index (χ2v) is 6.95. The lowest BCUT2D eigenvalue weighted by molar-refractivity contribution is -0.137. The largest absolute Gasteiger partial charge is 0.416 e. The number of halogens is 3. The van der Waals surface area contributed by atoms with Crippen LogP contribution < -0.4 is 16.0 Å². The van der Waals surface area contributed by atoms with Crippen LogP contribution >= 0.6 is 0 Å². The lowest BCUT2D eigenvalue weighted by Gasteiger charge is -2.14. The van der Waals surface area contributed by atoms with E-state index in [0.29, 0.717) is 17.0 Å². The maximum absolute atomic E-state index is 12.7. The van der Waals surface area contributed by atoms with Gasteiger partial charge in [0.1, 0.15) is 0 Å². The van der Waals surface area contributed by atoms with Crippen LogP contribution in [0.5, 0.6) is 0 Å². The first-order valence-electron chi connectivity index (χ1n) is 9.59. The van der Waals surface area contributed by atoms with Crippen molar-refractivity contribution in [2.24, 2.45) is 4.99 Å². The minimum Gasteiger partial charge on any atom is -0.322 e. The summed E-state index contributed by atoms with van der Waals surface area (Å²) in [5, 5.41) is 7.63. The molecule has 0 fully saturated rings. The number of alkyl halides is 3. The zero-order chi connectivity index (χ0) is 22.7. The zero-order valence-corrected chi connectivity index (χ0v) is 16.5. The molecule has 3 amide bonds. The highest BCUT2D eigenvalue weighted by atomic mass is 19.4. The predicted molar refractivity (Wildman–Crippen MR) is 115 cm³/mol. The molecule has 32 heavy (non-hydrogen) atoms. The molecule has 3 N–H and O–H groups in total. The molecular weight excluding hydrogens is 421 g/mol. The number of anilines is 2. The predicted octanol–water partition coefficient (Wildman–Crippen LogP) is 4.64. The summed E-state index contributed by atoms with van der Waals surface area (Å²) in [4.78, 5) is 29.6. The van der Waals surface area contributed by atoms with Gasteiger partial charge in [0.2, 0.25) is 6.17 Å². The molecule has 0 saturated carbocycles. The number of hydrogen-bond donors (Lipinski definition) is 3. The van der Waals surface area contributed by atoms with Crippen molar-refractivity contribution in [1.82, 2.24) is 5.32 Å². The third-order valence-electron chi connectivity index (χ3n) is 4.73. The molecule has 0 radical (unpaired) electrons. The number of urea groups is 1. The number of carbonyl (C=O) groups is 2. The Balaban J connectivity index is 1.57. The summed E-state index contributed by atoms with van der Waals surface area (Å²) in [5.74, 6) is -0.550. The standard InChI is InChI=1S/C23H17F3N4O2/c24-23(25,26)15-10-12-16(13-11-15)27-22(32)30-20-21(31)28-18-9-5-4-8-17(18)19(29-20)14-6-2-1-3-7-14/h1-13,20H,(H,28,31)(H2,27,30,32). The van der Waals surface area contributed by atoms with E-state index >= 15 is 0 Å². The number of fused-ring (bicyclic) bond motifs is 1. The van der Waals surface area contributed by atoms with E-state index in [2.05, 4.69) is 20.9 Å². The maximum Gasteiger partial charge on any atom is 0.416 e. The van der Waals surface area contributed by atoms with E-state index < -0.39 is 29.8 Å². The van der Waals surface area contributed by atoms with E-state index in [-0.39, 0.29) is 5.69 Å². The van der Waals surface area contributed by atoms with Crippen molar-refractivity contribution in [3.8, 4) is 0 Å². The van der Waals surface area contributed by atoms with Crippen molar-refractivity contribution in [3.05, 3.63) is 95.6 Å². The van der Waals surface area contributed by atoms with Crippen LogP contribution in [0.2, 0.25) is 0 Å². The smallest absolute Gasteiger partial charge is 0.322 e. The van der Waals surface area contributed by atoms with E-state index in [1.165, 1.54) is 0 Å². The molecule has 0 aliphatic carbocycles. The van der Waals surface area contributed by atoms with Crippen molar-refractivity contribution in [2.45, 2.75) is 12.3 Å². The Morgan fingerprint density at radius 1 is 0.906 bits per heavy atom. The third-order valence-corrected chi connectivity index (χ3v) is 4.73. The minimum atomic E-state index is -4.48. The normalized spacial score (nSPS) is 15.7. The van der Waals surface area contributed by atoms with Gasteiger partial charge < -0.3 is 16.0 Å². The van der Waals surface area contributed by atoms with Crippen LogP contribution in [0.15, 0.2) is 83.9 Å². The quantitative estimate of drug-likeness (QED) is 0.557. The molecule has 1 aliphatic rings. The SMILES string of the molecule is O=C(Nc1ccc(C(F)(F)F)cc1)NC1N=C(c2ccccc2)c2ccccc2NC1=O. The average molecular weight is 438 g/mol. The zero-order valence-electron chi connectivity index (χ0n) is 16.5. The summed E-state index contributed by atoms with van der Waals surface area (Å²) < 4.78 is 38.1. The Kier molecular flexibility index (Phi) is 5.63. The number of benzodiazepines with no additional fused rings is 1. The number of amides is 3. The fourth-order valence-corrected chi connectivity index (χ4v) is 3.21. The molecule has 1 aliphatic heterocycles. The molecule has 1 unspecified atom stereocenters. The van der Waals surface area contributed by atoms with Gasteiger partial charge in [0.05, 0.1) is 17.0 Å². The Labute approximate surface area is 181 Å². The Hall–Kier alpha value is -4.14. The number of aliphatic imine (C=N–C) groups is 1. The highest BCUT2D eigenvalue weighted by Gasteiger charge is 2.30. The molecule has 1 atom stereocenters. The Bertz CT molecular complexity index is 1180. The summed E-state index contributed by atoms with van der Waals surface area (Å²) in [7, 11) is 0. The molecule has 0 aromatic heterocycles. The Morgan fingerprint density at radius 3 is 2.25 bits per heavy atom. The lowest BCUT2D eigenvalue weighted by atomic mass is 10.0. The van der Waals surface area contributed by atoms with Gasteiger partial charge in [0.15, 0.2) is 0 Å². The first kappa shape index (κ1) is 21.1. The molecule has 162 valence electrons. The van der Waals surface area contributed by atoms with E-state index in [9.17, 15) is 22.8 Å². The number of hydrogen-bond acceptors (Lipinski definition) is 3. The first-order chi connectivity index (χ1) is 15.3. The minimum absolute atomic E-state index is 0.139. The van der Waals surface area contributed by atoms with Crippen molar-refractivity contribution in [1.29, 1.82) is 0 Å². The summed E-state index contributed by atoms with van der Waals surface area (Å²) in [5.41, 5.74) is 1.82. The molecule has 9 heteroatoms. The van der Waals surface area contributed by atoms with Crippen LogP contribution in [0.1, 0.15) is 16.7 Å². The van der Waals surface area contributed by atoms with Crippen molar-refractivity contribution >= 4 is 29.0 Å². The van der Waals surface area contributed by atoms with Gasteiger partial charge in [0.25, 0.3) is 5.91 Å². The number of carbonyl (C=O) groups excluding carboxylic acids is 2.